The van der Waals surface area contributed by atoms with Gasteiger partial charge in [0, 0.05) is 27.0 Å². The average molecular weight is 779 g/mol. The van der Waals surface area contributed by atoms with Gasteiger partial charge in [0.15, 0.2) is 0 Å². The molecule has 10 aromatic carbocycles. The van der Waals surface area contributed by atoms with Crippen molar-refractivity contribution in [2.75, 3.05) is 0 Å². The fraction of sp³-hybridized carbons (Fsp3) is 0.100. The molecule has 2 aliphatic rings. The fourth-order valence-electron chi connectivity index (χ4n) is 11.5. The molecule has 2 aliphatic carbocycles. The number of hydrogen-bond donors (Lipinski definition) is 0. The maximum absolute atomic E-state index is 6.81. The molecule has 0 atom stereocenters. The maximum Gasteiger partial charge on any atom is 0.143 e. The molecule has 11 aromatic rings. The first-order valence-corrected chi connectivity index (χ1v) is 21.6. The Balaban J connectivity index is 0.972. The monoisotopic (exact) mass is 778 g/mol. The Kier molecular flexibility index (Phi) is 6.91. The number of rotatable bonds is 3. The van der Waals surface area contributed by atoms with Gasteiger partial charge in [0.05, 0.1) is 0 Å². The Labute approximate surface area is 355 Å². The van der Waals surface area contributed by atoms with E-state index in [2.05, 4.69) is 210 Å². The predicted molar refractivity (Wildman–Crippen MR) is 258 cm³/mol. The first-order chi connectivity index (χ1) is 29.8. The van der Waals surface area contributed by atoms with Gasteiger partial charge in [-0.3, -0.25) is 0 Å². The Morgan fingerprint density at radius 2 is 0.754 bits per heavy atom. The molecule has 0 fully saturated rings. The number of furan rings is 1. The first kappa shape index (κ1) is 34.6. The molecule has 1 nitrogen and oxygen atoms in total. The van der Waals surface area contributed by atoms with Crippen LogP contribution in [0.1, 0.15) is 49.9 Å². The van der Waals surface area contributed by atoms with E-state index in [1.54, 1.807) is 0 Å². The van der Waals surface area contributed by atoms with Crippen LogP contribution in [-0.4, -0.2) is 0 Å². The second-order valence-electron chi connectivity index (χ2n) is 18.4. The van der Waals surface area contributed by atoms with Crippen molar-refractivity contribution in [2.24, 2.45) is 0 Å². The van der Waals surface area contributed by atoms with Crippen LogP contribution in [0.2, 0.25) is 0 Å². The molecule has 0 spiro atoms. The minimum atomic E-state index is -0.0869. The molecule has 288 valence electrons. The van der Waals surface area contributed by atoms with E-state index in [1.807, 2.05) is 0 Å². The lowest BCUT2D eigenvalue weighted by Crippen LogP contribution is -2.14. The topological polar surface area (TPSA) is 13.1 Å². The molecule has 0 saturated heterocycles. The van der Waals surface area contributed by atoms with Gasteiger partial charge in [-0.1, -0.05) is 185 Å². The molecular weight excluding hydrogens is 737 g/mol. The smallest absolute Gasteiger partial charge is 0.143 e. The van der Waals surface area contributed by atoms with Crippen LogP contribution in [0.3, 0.4) is 0 Å². The van der Waals surface area contributed by atoms with Crippen LogP contribution in [-0.2, 0) is 10.8 Å². The Morgan fingerprint density at radius 1 is 0.295 bits per heavy atom. The van der Waals surface area contributed by atoms with Crippen molar-refractivity contribution in [3.63, 3.8) is 0 Å². The van der Waals surface area contributed by atoms with E-state index in [0.29, 0.717) is 0 Å². The molecule has 0 unspecified atom stereocenters. The highest BCUT2D eigenvalue weighted by molar-refractivity contribution is 6.22. The predicted octanol–water partition coefficient (Wildman–Crippen LogP) is 16.7. The summed E-state index contributed by atoms with van der Waals surface area (Å²) >= 11 is 0. The number of benzene rings is 10. The van der Waals surface area contributed by atoms with E-state index in [1.165, 1.54) is 110 Å². The highest BCUT2D eigenvalue weighted by Crippen LogP contribution is 2.53. The quantitative estimate of drug-likeness (QED) is 0.163. The van der Waals surface area contributed by atoms with Crippen LogP contribution >= 0.6 is 0 Å². The van der Waals surface area contributed by atoms with Crippen molar-refractivity contribution < 1.29 is 4.42 Å². The molecule has 0 saturated carbocycles. The largest absolute Gasteiger partial charge is 0.455 e. The number of hydrogen-bond acceptors (Lipinski definition) is 1. The van der Waals surface area contributed by atoms with Gasteiger partial charge in [-0.15, -0.1) is 0 Å². The molecule has 0 bridgehead atoms. The van der Waals surface area contributed by atoms with Crippen LogP contribution in [0.5, 0.6) is 0 Å². The SMILES string of the molecule is CC1(C)c2ccccc2-c2ccc(-c3c4ccccc4c(-c4ccc(-c5cc6c7cc8c(cc7oc6c6ccccc56)-c5ccccc5C8(C)C)cc4)c4ccccc34)cc21. The van der Waals surface area contributed by atoms with E-state index in [9.17, 15) is 0 Å². The van der Waals surface area contributed by atoms with Gasteiger partial charge in [0.25, 0.3) is 0 Å². The summed E-state index contributed by atoms with van der Waals surface area (Å²) in [7, 11) is 0. The highest BCUT2D eigenvalue weighted by Gasteiger charge is 2.37. The summed E-state index contributed by atoms with van der Waals surface area (Å²) in [5.41, 5.74) is 20.0. The summed E-state index contributed by atoms with van der Waals surface area (Å²) in [6, 6.07) is 68.0. The van der Waals surface area contributed by atoms with Crippen molar-refractivity contribution in [2.45, 2.75) is 38.5 Å². The summed E-state index contributed by atoms with van der Waals surface area (Å²) < 4.78 is 6.81. The lowest BCUT2D eigenvalue weighted by atomic mass is 9.80. The summed E-state index contributed by atoms with van der Waals surface area (Å²) in [5.74, 6) is 0. The third-order valence-corrected chi connectivity index (χ3v) is 14.5. The molecule has 1 aromatic heterocycles. The van der Waals surface area contributed by atoms with E-state index in [0.717, 1.165) is 21.9 Å². The second kappa shape index (κ2) is 12.2. The summed E-state index contributed by atoms with van der Waals surface area (Å²) in [5, 5.41) is 9.75. The molecule has 0 amide bonds. The third-order valence-electron chi connectivity index (χ3n) is 14.5. The molecule has 13 rings (SSSR count). The molecular formula is C60H42O. The first-order valence-electron chi connectivity index (χ1n) is 21.6. The third kappa shape index (κ3) is 4.67. The second-order valence-corrected chi connectivity index (χ2v) is 18.4. The van der Waals surface area contributed by atoms with Crippen molar-refractivity contribution in [3.8, 4) is 55.6 Å². The normalized spacial score (nSPS) is 14.5. The van der Waals surface area contributed by atoms with Gasteiger partial charge < -0.3 is 4.42 Å². The molecule has 61 heavy (non-hydrogen) atoms. The van der Waals surface area contributed by atoms with Gasteiger partial charge in [-0.05, 0) is 129 Å². The zero-order valence-electron chi connectivity index (χ0n) is 34.7. The minimum Gasteiger partial charge on any atom is -0.455 e. The Bertz CT molecular complexity index is 3630. The zero-order chi connectivity index (χ0) is 40.8. The minimum absolute atomic E-state index is 0.0701. The van der Waals surface area contributed by atoms with Crippen molar-refractivity contribution in [3.05, 3.63) is 204 Å². The van der Waals surface area contributed by atoms with Crippen LogP contribution in [0, 0.1) is 0 Å². The van der Waals surface area contributed by atoms with E-state index < -0.39 is 0 Å². The van der Waals surface area contributed by atoms with Crippen LogP contribution in [0.15, 0.2) is 186 Å². The van der Waals surface area contributed by atoms with Gasteiger partial charge in [-0.2, -0.15) is 0 Å². The van der Waals surface area contributed by atoms with E-state index >= 15 is 0 Å². The maximum atomic E-state index is 6.81. The van der Waals surface area contributed by atoms with Gasteiger partial charge in [-0.25, -0.2) is 0 Å². The summed E-state index contributed by atoms with van der Waals surface area (Å²) in [4.78, 5) is 0. The molecule has 0 N–H and O–H groups in total. The van der Waals surface area contributed by atoms with E-state index in [-0.39, 0.29) is 10.8 Å². The lowest BCUT2D eigenvalue weighted by molar-refractivity contribution is 0.658. The lowest BCUT2D eigenvalue weighted by Gasteiger charge is -2.23. The van der Waals surface area contributed by atoms with Crippen molar-refractivity contribution in [1.29, 1.82) is 0 Å². The molecule has 0 radical (unpaired) electrons. The summed E-state index contributed by atoms with van der Waals surface area (Å²) in [6.45, 7) is 9.43. The Hall–Kier alpha value is -7.22. The van der Waals surface area contributed by atoms with Crippen molar-refractivity contribution in [1.82, 2.24) is 0 Å². The molecule has 1 heteroatoms. The van der Waals surface area contributed by atoms with Crippen molar-refractivity contribution >= 4 is 54.3 Å². The standard InChI is InChI=1S/C60H42O/c1-59(2)51-23-13-11-16-39(51)41-30-29-37(31-53(41)59)57-44-20-8-6-18-42(44)56(43-19-7-9-21-45(43)57)36-27-25-35(26-28-36)47-32-50-49-33-54-48(40-17-12-14-24-52(40)60(54,3)4)34-55(49)61-58(50)46-22-10-5-15-38(46)47/h5-34H,1-4H3. The van der Waals surface area contributed by atoms with Gasteiger partial charge >= 0.3 is 0 Å². The average Bonchev–Trinajstić information content (AvgIpc) is 3.86. The van der Waals surface area contributed by atoms with Crippen LogP contribution in [0.4, 0.5) is 0 Å². The number of fused-ring (bicyclic) bond motifs is 13. The van der Waals surface area contributed by atoms with Gasteiger partial charge in [0.1, 0.15) is 11.2 Å². The zero-order valence-corrected chi connectivity index (χ0v) is 34.7. The van der Waals surface area contributed by atoms with Crippen LogP contribution in [0.25, 0.3) is 110 Å². The van der Waals surface area contributed by atoms with Gasteiger partial charge in [0.2, 0.25) is 0 Å². The Morgan fingerprint density at radius 3 is 1.38 bits per heavy atom. The highest BCUT2D eigenvalue weighted by atomic mass is 16.3. The van der Waals surface area contributed by atoms with E-state index in [4.69, 9.17) is 4.42 Å². The molecule has 0 aliphatic heterocycles. The summed E-state index contributed by atoms with van der Waals surface area (Å²) in [6.07, 6.45) is 0. The van der Waals surface area contributed by atoms with Crippen LogP contribution < -0.4 is 0 Å². The fourth-order valence-corrected chi connectivity index (χ4v) is 11.5. The molecule has 1 heterocycles.